The molecule has 0 amide bonds. The smallest absolute Gasteiger partial charge is 0.276 e. The lowest BCUT2D eigenvalue weighted by Gasteiger charge is -2.13. The molecular weight excluding hydrogens is 467 g/mol. The highest BCUT2D eigenvalue weighted by molar-refractivity contribution is 5.64. The lowest BCUT2D eigenvalue weighted by atomic mass is 10.1. The largest absolute Gasteiger partial charge is 0.487 e. The number of rotatable bonds is 10. The molecule has 5 nitrogen and oxygen atoms in total. The van der Waals surface area contributed by atoms with E-state index in [9.17, 15) is 4.39 Å². The van der Waals surface area contributed by atoms with E-state index in [1.807, 2.05) is 91.0 Å². The third kappa shape index (κ3) is 6.49. The van der Waals surface area contributed by atoms with Gasteiger partial charge in [0.1, 0.15) is 37.1 Å². The van der Waals surface area contributed by atoms with Gasteiger partial charge in [0.2, 0.25) is 0 Å². The summed E-state index contributed by atoms with van der Waals surface area (Å²) < 4.78 is 32.5. The van der Waals surface area contributed by atoms with Crippen molar-refractivity contribution in [1.82, 2.24) is 10.2 Å². The Morgan fingerprint density at radius 3 is 1.84 bits per heavy atom. The molecule has 0 spiro atoms. The summed E-state index contributed by atoms with van der Waals surface area (Å²) in [4.78, 5) is 0. The van der Waals surface area contributed by atoms with Gasteiger partial charge in [-0.05, 0) is 28.8 Å². The molecule has 1 aromatic heterocycles. The molecule has 0 radical (unpaired) electrons. The number of hydrogen-bond donors (Lipinski definition) is 0. The lowest BCUT2D eigenvalue weighted by molar-refractivity contribution is 0.240. The fourth-order valence-electron chi connectivity index (χ4n) is 3.73. The van der Waals surface area contributed by atoms with E-state index in [-0.39, 0.29) is 12.4 Å². The molecule has 5 aromatic rings. The van der Waals surface area contributed by atoms with E-state index in [2.05, 4.69) is 10.2 Å². The molecule has 37 heavy (non-hydrogen) atoms. The van der Waals surface area contributed by atoms with Crippen LogP contribution in [0.2, 0.25) is 0 Å². The molecule has 1 heterocycles. The molecular formula is C31H25FN2O3. The number of aromatic nitrogens is 2. The predicted molar refractivity (Wildman–Crippen MR) is 140 cm³/mol. The highest BCUT2D eigenvalue weighted by Crippen LogP contribution is 2.28. The standard InChI is InChI=1S/C31H25FN2O3/c32-29-19-27(16-17-28(29)25-14-8-3-9-15-25)35-22-26-18-30(36-20-23-10-4-1-5-11-23)31(34-33-26)37-21-24-12-6-2-7-13-24/h1-19H,20-22H2. The second-order valence-electron chi connectivity index (χ2n) is 8.35. The monoisotopic (exact) mass is 492 g/mol. The van der Waals surface area contributed by atoms with Crippen LogP contribution >= 0.6 is 0 Å². The zero-order valence-electron chi connectivity index (χ0n) is 20.1. The van der Waals surface area contributed by atoms with Crippen molar-refractivity contribution in [2.24, 2.45) is 0 Å². The maximum absolute atomic E-state index is 14.7. The Bertz CT molecular complexity index is 1430. The van der Waals surface area contributed by atoms with Gasteiger partial charge in [-0.3, -0.25) is 0 Å². The molecule has 0 unspecified atom stereocenters. The van der Waals surface area contributed by atoms with E-state index in [4.69, 9.17) is 14.2 Å². The number of nitrogens with zero attached hydrogens (tertiary/aromatic N) is 2. The summed E-state index contributed by atoms with van der Waals surface area (Å²) in [6.07, 6.45) is 0. The molecule has 0 N–H and O–H groups in total. The topological polar surface area (TPSA) is 53.5 Å². The number of benzene rings is 4. The highest BCUT2D eigenvalue weighted by atomic mass is 19.1. The normalized spacial score (nSPS) is 10.6. The van der Waals surface area contributed by atoms with Gasteiger partial charge >= 0.3 is 0 Å². The third-order valence-electron chi connectivity index (χ3n) is 5.65. The molecule has 0 saturated carbocycles. The molecule has 0 atom stereocenters. The SMILES string of the molecule is Fc1cc(OCc2cc(OCc3ccccc3)c(OCc3ccccc3)nn2)ccc1-c1ccccc1. The van der Waals surface area contributed by atoms with Crippen molar-refractivity contribution in [3.63, 3.8) is 0 Å². The van der Waals surface area contributed by atoms with Gasteiger partial charge in [0.25, 0.3) is 5.88 Å². The second kappa shape index (κ2) is 11.8. The minimum atomic E-state index is -0.355. The van der Waals surface area contributed by atoms with E-state index in [1.165, 1.54) is 6.07 Å². The van der Waals surface area contributed by atoms with Crippen molar-refractivity contribution >= 4 is 0 Å². The predicted octanol–water partition coefficient (Wildman–Crippen LogP) is 7.02. The Hall–Kier alpha value is -4.71. The van der Waals surface area contributed by atoms with Crippen molar-refractivity contribution in [2.75, 3.05) is 0 Å². The van der Waals surface area contributed by atoms with E-state index in [0.29, 0.717) is 41.9 Å². The summed E-state index contributed by atoms with van der Waals surface area (Å²) in [6, 6.07) is 35.6. The maximum Gasteiger partial charge on any atom is 0.276 e. The van der Waals surface area contributed by atoms with Crippen LogP contribution < -0.4 is 14.2 Å². The van der Waals surface area contributed by atoms with E-state index in [0.717, 1.165) is 16.7 Å². The molecule has 0 saturated heterocycles. The third-order valence-corrected chi connectivity index (χ3v) is 5.65. The van der Waals surface area contributed by atoms with Crippen LogP contribution in [-0.2, 0) is 19.8 Å². The first-order valence-electron chi connectivity index (χ1n) is 11.9. The molecule has 0 bridgehead atoms. The molecule has 0 aliphatic carbocycles. The molecule has 0 aliphatic rings. The zero-order valence-corrected chi connectivity index (χ0v) is 20.1. The van der Waals surface area contributed by atoms with Gasteiger partial charge < -0.3 is 14.2 Å². The van der Waals surface area contributed by atoms with Crippen molar-refractivity contribution in [3.8, 4) is 28.5 Å². The van der Waals surface area contributed by atoms with E-state index in [1.54, 1.807) is 18.2 Å². The van der Waals surface area contributed by atoms with Crippen LogP contribution in [0.15, 0.2) is 115 Å². The Morgan fingerprint density at radius 2 is 1.19 bits per heavy atom. The molecule has 4 aromatic carbocycles. The van der Waals surface area contributed by atoms with Crippen LogP contribution in [0.3, 0.4) is 0 Å². The van der Waals surface area contributed by atoms with E-state index < -0.39 is 0 Å². The first-order valence-corrected chi connectivity index (χ1v) is 11.9. The number of ether oxygens (including phenoxy) is 3. The fraction of sp³-hybridized carbons (Fsp3) is 0.0968. The first kappa shape index (κ1) is 24.0. The quantitative estimate of drug-likeness (QED) is 0.210. The maximum atomic E-state index is 14.7. The molecule has 0 aliphatic heterocycles. The molecule has 5 rings (SSSR count). The Morgan fingerprint density at radius 1 is 0.568 bits per heavy atom. The Kier molecular flexibility index (Phi) is 7.67. The highest BCUT2D eigenvalue weighted by Gasteiger charge is 2.13. The minimum Gasteiger partial charge on any atom is -0.487 e. The lowest BCUT2D eigenvalue weighted by Crippen LogP contribution is -2.06. The van der Waals surface area contributed by atoms with E-state index >= 15 is 0 Å². The van der Waals surface area contributed by atoms with Crippen LogP contribution in [-0.4, -0.2) is 10.2 Å². The number of halogens is 1. The molecule has 184 valence electrons. The molecule has 6 heteroatoms. The van der Waals surface area contributed by atoms with Gasteiger partial charge in [-0.15, -0.1) is 10.2 Å². The van der Waals surface area contributed by atoms with Gasteiger partial charge in [-0.2, -0.15) is 0 Å². The summed E-state index contributed by atoms with van der Waals surface area (Å²) in [5.41, 5.74) is 3.88. The number of hydrogen-bond acceptors (Lipinski definition) is 5. The van der Waals surface area contributed by atoms with Crippen molar-refractivity contribution in [1.29, 1.82) is 0 Å². The van der Waals surface area contributed by atoms with Crippen LogP contribution in [0, 0.1) is 5.82 Å². The summed E-state index contributed by atoms with van der Waals surface area (Å²) in [5, 5.41) is 8.47. The van der Waals surface area contributed by atoms with Gasteiger partial charge in [-0.1, -0.05) is 91.0 Å². The summed E-state index contributed by atoms with van der Waals surface area (Å²) in [5.74, 6) is 0.794. The van der Waals surface area contributed by atoms with Crippen LogP contribution in [0.25, 0.3) is 11.1 Å². The Labute approximate surface area is 215 Å². The van der Waals surface area contributed by atoms with Crippen molar-refractivity contribution in [3.05, 3.63) is 138 Å². The Balaban J connectivity index is 1.29. The average Bonchev–Trinajstić information content (AvgIpc) is 2.96. The van der Waals surface area contributed by atoms with Crippen molar-refractivity contribution in [2.45, 2.75) is 19.8 Å². The molecule has 0 fully saturated rings. The van der Waals surface area contributed by atoms with Gasteiger partial charge in [0.05, 0.1) is 0 Å². The van der Waals surface area contributed by atoms with Gasteiger partial charge in [0.15, 0.2) is 5.75 Å². The fourth-order valence-corrected chi connectivity index (χ4v) is 3.73. The van der Waals surface area contributed by atoms with Gasteiger partial charge in [0, 0.05) is 17.7 Å². The van der Waals surface area contributed by atoms with Gasteiger partial charge in [-0.25, -0.2) is 4.39 Å². The van der Waals surface area contributed by atoms with Crippen LogP contribution in [0.5, 0.6) is 17.4 Å². The minimum absolute atomic E-state index is 0.0950. The summed E-state index contributed by atoms with van der Waals surface area (Å²) >= 11 is 0. The van der Waals surface area contributed by atoms with Crippen LogP contribution in [0.4, 0.5) is 4.39 Å². The van der Waals surface area contributed by atoms with Crippen LogP contribution in [0.1, 0.15) is 16.8 Å². The summed E-state index contributed by atoms with van der Waals surface area (Å²) in [7, 11) is 0. The second-order valence-corrected chi connectivity index (χ2v) is 8.35. The van der Waals surface area contributed by atoms with Crippen molar-refractivity contribution < 1.29 is 18.6 Å². The first-order chi connectivity index (χ1) is 18.2. The summed E-state index contributed by atoms with van der Waals surface area (Å²) in [6.45, 7) is 0.776. The average molecular weight is 493 g/mol. The zero-order chi connectivity index (χ0) is 25.3.